The Bertz CT molecular complexity index is 82.7. The molecule has 0 atom stereocenters. The quantitative estimate of drug-likeness (QED) is 0.547. The maximum Gasteiger partial charge on any atom is 0.207 e. The van der Waals surface area contributed by atoms with Crippen molar-refractivity contribution in [3.8, 4) is 0 Å². The second-order valence-corrected chi connectivity index (χ2v) is 3.19. The largest absolute Gasteiger partial charge is 0.359 e. The van der Waals surface area contributed by atoms with E-state index < -0.39 is 0 Å². The van der Waals surface area contributed by atoms with Crippen molar-refractivity contribution in [3.05, 3.63) is 0 Å². The summed E-state index contributed by atoms with van der Waals surface area (Å²) >= 11 is 0. The molecule has 14 heavy (non-hydrogen) atoms. The number of rotatable bonds is 4. The molecule has 2 nitrogen and oxygen atoms in total. The van der Waals surface area contributed by atoms with E-state index in [2.05, 4.69) is 12.2 Å². The standard InChI is InChI=1S/C5H11NO.C5H10.C2H6/c1-2-3-4-6-5-7;1-2-4-5-3-1;1-2/h5H,2-4H2,1H3,(H,6,7);1-5H2;1-2H3. The van der Waals surface area contributed by atoms with Crippen LogP contribution in [0.1, 0.15) is 65.7 Å². The van der Waals surface area contributed by atoms with E-state index >= 15 is 0 Å². The number of carbonyl (C=O) groups excluding carboxylic acids is 1. The third kappa shape index (κ3) is 17.5. The Morgan fingerprint density at radius 2 is 1.50 bits per heavy atom. The van der Waals surface area contributed by atoms with Gasteiger partial charge in [-0.3, -0.25) is 4.79 Å². The highest BCUT2D eigenvalue weighted by molar-refractivity contribution is 5.45. The van der Waals surface area contributed by atoms with Crippen LogP contribution < -0.4 is 5.32 Å². The SMILES string of the molecule is C1CCCC1.CC.CCCCNC=O. The first-order valence-corrected chi connectivity index (χ1v) is 6.09. The minimum absolute atomic E-state index is 0.732. The monoisotopic (exact) mass is 201 g/mol. The summed E-state index contributed by atoms with van der Waals surface area (Å²) in [6, 6.07) is 0. The van der Waals surface area contributed by atoms with Gasteiger partial charge in [-0.15, -0.1) is 0 Å². The van der Waals surface area contributed by atoms with Crippen molar-refractivity contribution in [1.29, 1.82) is 0 Å². The van der Waals surface area contributed by atoms with E-state index in [1.807, 2.05) is 13.8 Å². The van der Waals surface area contributed by atoms with Crippen LogP contribution in [0.25, 0.3) is 0 Å². The molecule has 1 N–H and O–H groups in total. The zero-order chi connectivity index (χ0) is 11.1. The summed E-state index contributed by atoms with van der Waals surface area (Å²) < 4.78 is 0. The Morgan fingerprint density at radius 3 is 1.79 bits per heavy atom. The zero-order valence-electron chi connectivity index (χ0n) is 10.1. The van der Waals surface area contributed by atoms with Gasteiger partial charge in [0.2, 0.25) is 6.41 Å². The molecule has 1 rings (SSSR count). The van der Waals surface area contributed by atoms with E-state index in [-0.39, 0.29) is 0 Å². The van der Waals surface area contributed by atoms with Crippen LogP contribution in [0.3, 0.4) is 0 Å². The molecule has 0 heterocycles. The van der Waals surface area contributed by atoms with E-state index in [1.165, 1.54) is 32.1 Å². The lowest BCUT2D eigenvalue weighted by atomic mass is 10.3. The Kier molecular flexibility index (Phi) is 20.8. The molecule has 0 radical (unpaired) electrons. The minimum atomic E-state index is 0.732. The van der Waals surface area contributed by atoms with Gasteiger partial charge in [-0.2, -0.15) is 0 Å². The molecule has 0 aromatic rings. The molecule has 1 fully saturated rings. The lowest BCUT2D eigenvalue weighted by Gasteiger charge is -1.90. The first-order valence-electron chi connectivity index (χ1n) is 6.09. The van der Waals surface area contributed by atoms with Gasteiger partial charge in [0.1, 0.15) is 0 Å². The third-order valence-electron chi connectivity index (χ3n) is 2.01. The van der Waals surface area contributed by atoms with Gasteiger partial charge in [-0.25, -0.2) is 0 Å². The van der Waals surface area contributed by atoms with Gasteiger partial charge in [-0.1, -0.05) is 59.3 Å². The second kappa shape index (κ2) is 18.3. The summed E-state index contributed by atoms with van der Waals surface area (Å²) in [5.74, 6) is 0. The molecule has 1 saturated carbocycles. The maximum absolute atomic E-state index is 9.57. The summed E-state index contributed by atoms with van der Waals surface area (Å²) in [5, 5.41) is 2.57. The fourth-order valence-corrected chi connectivity index (χ4v) is 1.22. The van der Waals surface area contributed by atoms with Crippen molar-refractivity contribution in [2.45, 2.75) is 65.7 Å². The average molecular weight is 201 g/mol. The number of unbranched alkanes of at least 4 members (excludes halogenated alkanes) is 1. The molecule has 0 aromatic heterocycles. The van der Waals surface area contributed by atoms with Crippen LogP contribution >= 0.6 is 0 Å². The fourth-order valence-electron chi connectivity index (χ4n) is 1.22. The van der Waals surface area contributed by atoms with Crippen LogP contribution in [0, 0.1) is 0 Å². The molecular formula is C12H27NO. The highest BCUT2D eigenvalue weighted by Crippen LogP contribution is 2.15. The summed E-state index contributed by atoms with van der Waals surface area (Å²) in [6.07, 6.45) is 10.5. The van der Waals surface area contributed by atoms with Crippen LogP contribution in [-0.4, -0.2) is 13.0 Å². The highest BCUT2D eigenvalue weighted by Gasteiger charge is 1.95. The van der Waals surface area contributed by atoms with E-state index in [1.54, 1.807) is 0 Å². The van der Waals surface area contributed by atoms with Crippen LogP contribution in [0.5, 0.6) is 0 Å². The van der Waals surface area contributed by atoms with Crippen molar-refractivity contribution in [2.75, 3.05) is 6.54 Å². The van der Waals surface area contributed by atoms with Gasteiger partial charge in [0.25, 0.3) is 0 Å². The molecule has 0 unspecified atom stereocenters. The van der Waals surface area contributed by atoms with Crippen molar-refractivity contribution < 1.29 is 4.79 Å². The molecular weight excluding hydrogens is 174 g/mol. The molecule has 1 aliphatic carbocycles. The summed E-state index contributed by atoms with van der Waals surface area (Å²) in [7, 11) is 0. The first-order chi connectivity index (χ1) is 6.91. The van der Waals surface area contributed by atoms with Crippen molar-refractivity contribution in [2.24, 2.45) is 0 Å². The normalized spacial score (nSPS) is 13.1. The summed E-state index contributed by atoms with van der Waals surface area (Å²) in [4.78, 5) is 9.57. The van der Waals surface area contributed by atoms with Crippen molar-refractivity contribution in [1.82, 2.24) is 5.32 Å². The molecule has 0 spiro atoms. The van der Waals surface area contributed by atoms with Gasteiger partial charge in [-0.05, 0) is 6.42 Å². The van der Waals surface area contributed by atoms with Crippen molar-refractivity contribution >= 4 is 6.41 Å². The van der Waals surface area contributed by atoms with E-state index in [4.69, 9.17) is 0 Å². The molecule has 86 valence electrons. The molecule has 2 heteroatoms. The van der Waals surface area contributed by atoms with Gasteiger partial charge < -0.3 is 5.32 Å². The predicted octanol–water partition coefficient (Wildman–Crippen LogP) is 3.51. The lowest BCUT2D eigenvalue weighted by molar-refractivity contribution is -0.109. The van der Waals surface area contributed by atoms with Gasteiger partial charge in [0.15, 0.2) is 0 Å². The molecule has 0 aliphatic heterocycles. The van der Waals surface area contributed by atoms with Crippen LogP contribution in [0.15, 0.2) is 0 Å². The van der Waals surface area contributed by atoms with Crippen LogP contribution in [0.2, 0.25) is 0 Å². The topological polar surface area (TPSA) is 29.1 Å². The minimum Gasteiger partial charge on any atom is -0.359 e. The van der Waals surface area contributed by atoms with Gasteiger partial charge in [0, 0.05) is 6.54 Å². The van der Waals surface area contributed by atoms with Crippen LogP contribution in [-0.2, 0) is 4.79 Å². The molecule has 0 bridgehead atoms. The Morgan fingerprint density at radius 1 is 1.07 bits per heavy atom. The van der Waals surface area contributed by atoms with E-state index in [0.29, 0.717) is 0 Å². The number of carbonyl (C=O) groups is 1. The number of hydrogen-bond donors (Lipinski definition) is 1. The predicted molar refractivity (Wildman–Crippen MR) is 63.4 cm³/mol. The fraction of sp³-hybridized carbons (Fsp3) is 0.917. The number of hydrogen-bond acceptors (Lipinski definition) is 1. The summed E-state index contributed by atoms with van der Waals surface area (Å²) in [6.45, 7) is 6.91. The third-order valence-corrected chi connectivity index (χ3v) is 2.01. The highest BCUT2D eigenvalue weighted by atomic mass is 16.1. The number of nitrogens with one attached hydrogen (secondary N) is 1. The maximum atomic E-state index is 9.57. The van der Waals surface area contributed by atoms with Gasteiger partial charge >= 0.3 is 0 Å². The molecule has 0 saturated heterocycles. The molecule has 1 aliphatic rings. The van der Waals surface area contributed by atoms with E-state index in [0.717, 1.165) is 25.8 Å². The Labute approximate surface area is 89.5 Å². The zero-order valence-corrected chi connectivity index (χ0v) is 10.1. The Balaban J connectivity index is 0. The smallest absolute Gasteiger partial charge is 0.207 e. The number of amides is 1. The van der Waals surface area contributed by atoms with Crippen molar-refractivity contribution in [3.63, 3.8) is 0 Å². The first kappa shape index (κ1) is 15.9. The summed E-state index contributed by atoms with van der Waals surface area (Å²) in [5.41, 5.74) is 0. The van der Waals surface area contributed by atoms with Crippen LogP contribution in [0.4, 0.5) is 0 Å². The van der Waals surface area contributed by atoms with E-state index in [9.17, 15) is 4.79 Å². The second-order valence-electron chi connectivity index (χ2n) is 3.19. The molecule has 1 amide bonds. The Hall–Kier alpha value is -0.530. The average Bonchev–Trinajstić information content (AvgIpc) is 2.80. The lowest BCUT2D eigenvalue weighted by Crippen LogP contribution is -2.11. The van der Waals surface area contributed by atoms with Gasteiger partial charge in [0.05, 0.1) is 0 Å². The molecule has 0 aromatic carbocycles.